The number of furan rings is 1. The van der Waals surface area contributed by atoms with E-state index in [1.165, 1.54) is 12.3 Å². The highest BCUT2D eigenvalue weighted by atomic mass is 16.5. The topological polar surface area (TPSA) is 69.7 Å². The van der Waals surface area contributed by atoms with Gasteiger partial charge in [-0.3, -0.25) is 0 Å². The van der Waals surface area contributed by atoms with Crippen LogP contribution in [0, 0.1) is 6.92 Å². The SMILES string of the molecule is Cc1ccc(C(=O)Oc2c3ccoc3cc3oc(=O)ccc23)cc1. The third-order valence-electron chi connectivity index (χ3n) is 3.79. The van der Waals surface area contributed by atoms with Crippen LogP contribution in [0.3, 0.4) is 0 Å². The van der Waals surface area contributed by atoms with Gasteiger partial charge in [0.15, 0.2) is 5.75 Å². The fourth-order valence-corrected chi connectivity index (χ4v) is 2.56. The van der Waals surface area contributed by atoms with Crippen LogP contribution in [0.25, 0.3) is 21.9 Å². The number of esters is 1. The monoisotopic (exact) mass is 320 g/mol. The fraction of sp³-hybridized carbons (Fsp3) is 0.0526. The number of rotatable bonds is 2. The molecule has 5 nitrogen and oxygen atoms in total. The summed E-state index contributed by atoms with van der Waals surface area (Å²) < 4.78 is 16.1. The van der Waals surface area contributed by atoms with Gasteiger partial charge >= 0.3 is 11.6 Å². The molecule has 0 N–H and O–H groups in total. The first-order valence-electron chi connectivity index (χ1n) is 7.35. The fourth-order valence-electron chi connectivity index (χ4n) is 2.56. The Bertz CT molecular complexity index is 1120. The smallest absolute Gasteiger partial charge is 0.343 e. The minimum Gasteiger partial charge on any atom is -0.464 e. The summed E-state index contributed by atoms with van der Waals surface area (Å²) >= 11 is 0. The predicted octanol–water partition coefficient (Wildman–Crippen LogP) is 4.07. The van der Waals surface area contributed by atoms with E-state index in [4.69, 9.17) is 13.6 Å². The molecule has 2 heterocycles. The van der Waals surface area contributed by atoms with E-state index in [-0.39, 0.29) is 0 Å². The van der Waals surface area contributed by atoms with E-state index < -0.39 is 11.6 Å². The Kier molecular flexibility index (Phi) is 3.20. The number of ether oxygens (including phenoxy) is 1. The van der Waals surface area contributed by atoms with Crippen molar-refractivity contribution in [3.8, 4) is 5.75 Å². The highest BCUT2D eigenvalue weighted by Crippen LogP contribution is 2.35. The van der Waals surface area contributed by atoms with Crippen LogP contribution in [0.15, 0.2) is 68.4 Å². The van der Waals surface area contributed by atoms with Gasteiger partial charge in [-0.25, -0.2) is 9.59 Å². The van der Waals surface area contributed by atoms with Gasteiger partial charge < -0.3 is 13.6 Å². The van der Waals surface area contributed by atoms with E-state index in [9.17, 15) is 9.59 Å². The van der Waals surface area contributed by atoms with Gasteiger partial charge in [0.2, 0.25) is 0 Å². The van der Waals surface area contributed by atoms with E-state index in [2.05, 4.69) is 0 Å². The Morgan fingerprint density at radius 3 is 2.50 bits per heavy atom. The molecule has 0 saturated carbocycles. The third kappa shape index (κ3) is 2.36. The molecule has 0 aliphatic rings. The summed E-state index contributed by atoms with van der Waals surface area (Å²) in [5.74, 6) is -0.179. The highest BCUT2D eigenvalue weighted by molar-refractivity contribution is 6.04. The van der Waals surface area contributed by atoms with Crippen molar-refractivity contribution in [2.75, 3.05) is 0 Å². The average molecular weight is 320 g/mol. The Balaban J connectivity index is 1.87. The van der Waals surface area contributed by atoms with Crippen molar-refractivity contribution in [3.05, 3.63) is 76.3 Å². The molecule has 0 amide bonds. The minimum atomic E-state index is -0.490. The second-order valence-corrected chi connectivity index (χ2v) is 5.46. The summed E-state index contributed by atoms with van der Waals surface area (Å²) in [4.78, 5) is 23.9. The van der Waals surface area contributed by atoms with Gasteiger partial charge in [0.1, 0.15) is 11.2 Å². The summed E-state index contributed by atoms with van der Waals surface area (Å²) in [6, 6.07) is 13.3. The van der Waals surface area contributed by atoms with Crippen molar-refractivity contribution < 1.29 is 18.4 Å². The van der Waals surface area contributed by atoms with E-state index in [0.29, 0.717) is 33.3 Å². The van der Waals surface area contributed by atoms with Crippen molar-refractivity contribution in [2.45, 2.75) is 6.92 Å². The first kappa shape index (κ1) is 14.3. The van der Waals surface area contributed by atoms with Crippen molar-refractivity contribution >= 4 is 27.9 Å². The molecule has 24 heavy (non-hydrogen) atoms. The van der Waals surface area contributed by atoms with Gasteiger partial charge in [-0.05, 0) is 31.2 Å². The number of hydrogen-bond acceptors (Lipinski definition) is 5. The quantitative estimate of drug-likeness (QED) is 0.316. The predicted molar refractivity (Wildman–Crippen MR) is 88.4 cm³/mol. The third-order valence-corrected chi connectivity index (χ3v) is 3.79. The van der Waals surface area contributed by atoms with Crippen molar-refractivity contribution in [1.29, 1.82) is 0 Å². The van der Waals surface area contributed by atoms with Crippen molar-refractivity contribution in [3.63, 3.8) is 0 Å². The maximum absolute atomic E-state index is 12.5. The van der Waals surface area contributed by atoms with Gasteiger partial charge in [-0.15, -0.1) is 0 Å². The van der Waals surface area contributed by atoms with Crippen LogP contribution in [0.5, 0.6) is 5.75 Å². The molecule has 5 heteroatoms. The normalized spacial score (nSPS) is 11.0. The molecular formula is C19H12O5. The summed E-state index contributed by atoms with van der Waals surface area (Å²) in [6.07, 6.45) is 1.49. The molecule has 0 unspecified atom stereocenters. The Hall–Kier alpha value is -3.34. The van der Waals surface area contributed by atoms with Gasteiger partial charge in [-0.1, -0.05) is 17.7 Å². The lowest BCUT2D eigenvalue weighted by Crippen LogP contribution is -2.09. The lowest BCUT2D eigenvalue weighted by Gasteiger charge is -2.08. The van der Waals surface area contributed by atoms with Crippen LogP contribution in [0.2, 0.25) is 0 Å². The van der Waals surface area contributed by atoms with Crippen molar-refractivity contribution in [2.24, 2.45) is 0 Å². The highest BCUT2D eigenvalue weighted by Gasteiger charge is 2.17. The Labute approximate surface area is 136 Å². The van der Waals surface area contributed by atoms with Crippen LogP contribution in [0.4, 0.5) is 0 Å². The maximum atomic E-state index is 12.5. The molecular weight excluding hydrogens is 308 g/mol. The second kappa shape index (κ2) is 5.38. The zero-order valence-electron chi connectivity index (χ0n) is 12.7. The van der Waals surface area contributed by atoms with Crippen molar-refractivity contribution in [1.82, 2.24) is 0 Å². The maximum Gasteiger partial charge on any atom is 0.343 e. The van der Waals surface area contributed by atoms with Crippen LogP contribution < -0.4 is 10.4 Å². The number of fused-ring (bicyclic) bond motifs is 2. The van der Waals surface area contributed by atoms with Gasteiger partial charge in [-0.2, -0.15) is 0 Å². The molecule has 118 valence electrons. The molecule has 0 atom stereocenters. The second-order valence-electron chi connectivity index (χ2n) is 5.46. The van der Waals surface area contributed by atoms with E-state index >= 15 is 0 Å². The molecule has 0 saturated heterocycles. The lowest BCUT2D eigenvalue weighted by molar-refractivity contribution is 0.0739. The molecule has 0 radical (unpaired) electrons. The molecule has 0 spiro atoms. The molecule has 2 aromatic heterocycles. The van der Waals surface area contributed by atoms with Gasteiger partial charge in [0, 0.05) is 12.1 Å². The lowest BCUT2D eigenvalue weighted by atomic mass is 10.1. The largest absolute Gasteiger partial charge is 0.464 e. The minimum absolute atomic E-state index is 0.302. The molecule has 4 rings (SSSR count). The molecule has 0 fully saturated rings. The summed E-state index contributed by atoms with van der Waals surface area (Å²) in [6.45, 7) is 1.94. The van der Waals surface area contributed by atoms with E-state index in [1.54, 1.807) is 30.3 Å². The van der Waals surface area contributed by atoms with E-state index in [1.807, 2.05) is 19.1 Å². The molecule has 2 aromatic carbocycles. The summed E-state index contributed by atoms with van der Waals surface area (Å²) in [7, 11) is 0. The summed E-state index contributed by atoms with van der Waals surface area (Å²) in [5, 5.41) is 1.17. The standard InChI is InChI=1S/C19H12O5/c1-11-2-4-12(5-3-11)19(21)24-18-13-6-7-17(20)23-16(13)10-15-14(18)8-9-22-15/h2-10H,1H3. The van der Waals surface area contributed by atoms with Gasteiger partial charge in [0.25, 0.3) is 0 Å². The zero-order valence-corrected chi connectivity index (χ0v) is 12.7. The molecule has 0 aliphatic heterocycles. The van der Waals surface area contributed by atoms with Crippen LogP contribution in [-0.2, 0) is 0 Å². The van der Waals surface area contributed by atoms with Crippen LogP contribution in [-0.4, -0.2) is 5.97 Å². The number of carbonyl (C=O) groups is 1. The number of hydrogen-bond donors (Lipinski definition) is 0. The van der Waals surface area contributed by atoms with Crippen LogP contribution >= 0.6 is 0 Å². The zero-order chi connectivity index (χ0) is 16.7. The number of benzene rings is 2. The number of aryl methyl sites for hydroxylation is 1. The first-order chi connectivity index (χ1) is 11.6. The Morgan fingerprint density at radius 1 is 0.958 bits per heavy atom. The summed E-state index contributed by atoms with van der Waals surface area (Å²) in [5.41, 5.74) is 1.78. The first-order valence-corrected chi connectivity index (χ1v) is 7.35. The average Bonchev–Trinajstić information content (AvgIpc) is 3.03. The Morgan fingerprint density at radius 2 is 1.71 bits per heavy atom. The van der Waals surface area contributed by atoms with Crippen LogP contribution in [0.1, 0.15) is 15.9 Å². The molecule has 0 aliphatic carbocycles. The molecule has 0 bridgehead atoms. The van der Waals surface area contributed by atoms with E-state index in [0.717, 1.165) is 5.56 Å². The van der Waals surface area contributed by atoms with Gasteiger partial charge in [0.05, 0.1) is 22.6 Å². The molecule has 4 aromatic rings. The number of carbonyl (C=O) groups excluding carboxylic acids is 1.